The molecule has 2 aromatic carbocycles. The fourth-order valence-electron chi connectivity index (χ4n) is 3.25. The summed E-state index contributed by atoms with van der Waals surface area (Å²) in [5.41, 5.74) is 3.15. The van der Waals surface area contributed by atoms with Gasteiger partial charge in [-0.3, -0.25) is 0 Å². The average Bonchev–Trinajstić information content (AvgIpc) is 3.20. The third-order valence-corrected chi connectivity index (χ3v) is 4.57. The van der Waals surface area contributed by atoms with Crippen LogP contribution in [0.5, 0.6) is 5.88 Å². The van der Waals surface area contributed by atoms with E-state index in [2.05, 4.69) is 31.5 Å². The third-order valence-electron chi connectivity index (χ3n) is 4.57. The van der Waals surface area contributed by atoms with Crippen molar-refractivity contribution in [2.75, 3.05) is 5.32 Å². The summed E-state index contributed by atoms with van der Waals surface area (Å²) in [4.78, 5) is 12.8. The second kappa shape index (κ2) is 8.89. The van der Waals surface area contributed by atoms with Gasteiger partial charge in [0.2, 0.25) is 17.7 Å². The lowest BCUT2D eigenvalue weighted by Crippen LogP contribution is -2.04. The lowest BCUT2D eigenvalue weighted by Gasteiger charge is -2.10. The van der Waals surface area contributed by atoms with E-state index >= 15 is 0 Å². The molecule has 0 saturated heterocycles. The van der Waals surface area contributed by atoms with E-state index in [1.165, 1.54) is 12.1 Å². The van der Waals surface area contributed by atoms with Gasteiger partial charge in [0.15, 0.2) is 6.61 Å². The van der Waals surface area contributed by atoms with Crippen LogP contribution in [0.4, 0.5) is 24.8 Å². The highest BCUT2D eigenvalue weighted by molar-refractivity contribution is 5.57. The number of alkyl halides is 3. The number of halogens is 3. The smallest absolute Gasteiger partial charge is 0.416 e. The molecule has 33 heavy (non-hydrogen) atoms. The number of hydrogen-bond donors (Lipinski definition) is 1. The van der Waals surface area contributed by atoms with E-state index in [1.54, 1.807) is 13.0 Å². The van der Waals surface area contributed by atoms with Crippen molar-refractivity contribution in [3.8, 4) is 17.3 Å². The Kier molecular flexibility index (Phi) is 5.99. The van der Waals surface area contributed by atoms with Gasteiger partial charge in [0.1, 0.15) is 0 Å². The predicted molar refractivity (Wildman–Crippen MR) is 115 cm³/mol. The Balaban J connectivity index is 1.46. The Hall–Kier alpha value is -3.95. The molecule has 0 aliphatic carbocycles. The van der Waals surface area contributed by atoms with Gasteiger partial charge >= 0.3 is 6.18 Å². The molecular weight excluding hydrogens is 435 g/mol. The highest BCUT2D eigenvalue weighted by Gasteiger charge is 2.30. The van der Waals surface area contributed by atoms with Crippen LogP contribution in [0.3, 0.4) is 0 Å². The van der Waals surface area contributed by atoms with Crippen molar-refractivity contribution in [1.29, 1.82) is 0 Å². The molecule has 0 aliphatic heterocycles. The summed E-state index contributed by atoms with van der Waals surface area (Å²) in [7, 11) is 0. The normalized spacial score (nSPS) is 11.5. The van der Waals surface area contributed by atoms with E-state index in [0.29, 0.717) is 11.6 Å². The van der Waals surface area contributed by atoms with E-state index in [0.717, 1.165) is 28.9 Å². The Labute approximate surface area is 187 Å². The number of anilines is 2. The van der Waals surface area contributed by atoms with Crippen LogP contribution in [0.2, 0.25) is 0 Å². The van der Waals surface area contributed by atoms with E-state index in [1.807, 2.05) is 26.0 Å². The number of benzene rings is 2. The largest absolute Gasteiger partial charge is 0.467 e. The molecule has 0 saturated carbocycles. The molecule has 1 N–H and O–H groups in total. The zero-order valence-corrected chi connectivity index (χ0v) is 18.1. The Bertz CT molecular complexity index is 1270. The van der Waals surface area contributed by atoms with Crippen LogP contribution in [0, 0.1) is 20.8 Å². The van der Waals surface area contributed by atoms with E-state index in [9.17, 15) is 13.2 Å². The molecule has 4 rings (SSSR count). The van der Waals surface area contributed by atoms with Crippen molar-refractivity contribution in [3.05, 3.63) is 76.8 Å². The van der Waals surface area contributed by atoms with Gasteiger partial charge in [-0.05, 0) is 56.2 Å². The molecule has 2 aromatic heterocycles. The first-order valence-electron chi connectivity index (χ1n) is 10.00. The second-order valence-corrected chi connectivity index (χ2v) is 7.55. The Morgan fingerprint density at radius 2 is 1.70 bits per heavy atom. The molecule has 0 atom stereocenters. The van der Waals surface area contributed by atoms with Crippen molar-refractivity contribution in [2.45, 2.75) is 33.6 Å². The summed E-state index contributed by atoms with van der Waals surface area (Å²) in [5, 5.41) is 6.91. The van der Waals surface area contributed by atoms with Gasteiger partial charge in [0, 0.05) is 23.0 Å². The first kappa shape index (κ1) is 22.3. The standard InChI is InChI=1S/C23H20F3N5O2/c1-13-7-14(2)9-18(8-13)28-22-27-15(3)10-19(30-22)32-12-20-29-21(31-33-20)16-5-4-6-17(11-16)23(24,25)26/h4-11H,12H2,1-3H3,(H,27,28,30). The van der Waals surface area contributed by atoms with Crippen molar-refractivity contribution in [1.82, 2.24) is 20.1 Å². The number of rotatable bonds is 6. The minimum atomic E-state index is -4.46. The van der Waals surface area contributed by atoms with Crippen LogP contribution in [-0.4, -0.2) is 20.1 Å². The molecule has 0 unspecified atom stereocenters. The third kappa shape index (κ3) is 5.65. The van der Waals surface area contributed by atoms with Gasteiger partial charge in [0.25, 0.3) is 5.89 Å². The van der Waals surface area contributed by atoms with Crippen LogP contribution in [0.15, 0.2) is 53.1 Å². The highest BCUT2D eigenvalue weighted by Crippen LogP contribution is 2.31. The van der Waals surface area contributed by atoms with Gasteiger partial charge in [0.05, 0.1) is 5.56 Å². The first-order chi connectivity index (χ1) is 15.7. The topological polar surface area (TPSA) is 86.0 Å². The lowest BCUT2D eigenvalue weighted by atomic mass is 10.1. The quantitative estimate of drug-likeness (QED) is 0.394. The summed E-state index contributed by atoms with van der Waals surface area (Å²) in [5.74, 6) is 0.789. The van der Waals surface area contributed by atoms with Gasteiger partial charge in [-0.1, -0.05) is 23.4 Å². The number of ether oxygens (including phenoxy) is 1. The molecule has 7 nitrogen and oxygen atoms in total. The summed E-state index contributed by atoms with van der Waals surface area (Å²) in [6.07, 6.45) is -4.46. The lowest BCUT2D eigenvalue weighted by molar-refractivity contribution is -0.137. The van der Waals surface area contributed by atoms with E-state index < -0.39 is 11.7 Å². The van der Waals surface area contributed by atoms with E-state index in [4.69, 9.17) is 9.26 Å². The SMILES string of the molecule is Cc1cc(C)cc(Nc2nc(C)cc(OCc3nc(-c4cccc(C(F)(F)F)c4)no3)n2)c1. The second-order valence-electron chi connectivity index (χ2n) is 7.55. The summed E-state index contributed by atoms with van der Waals surface area (Å²) < 4.78 is 49.6. The molecule has 0 bridgehead atoms. The molecule has 2 heterocycles. The van der Waals surface area contributed by atoms with Crippen molar-refractivity contribution in [2.24, 2.45) is 0 Å². The molecule has 0 amide bonds. The summed E-state index contributed by atoms with van der Waals surface area (Å²) >= 11 is 0. The van der Waals surface area contributed by atoms with Gasteiger partial charge in [-0.15, -0.1) is 0 Å². The predicted octanol–water partition coefficient (Wildman–Crippen LogP) is 5.79. The molecule has 4 aromatic rings. The number of nitrogens with zero attached hydrogens (tertiary/aromatic N) is 4. The van der Waals surface area contributed by atoms with Crippen LogP contribution >= 0.6 is 0 Å². The molecule has 10 heteroatoms. The summed E-state index contributed by atoms with van der Waals surface area (Å²) in [6.45, 7) is 5.70. The minimum absolute atomic E-state index is 0.0377. The van der Waals surface area contributed by atoms with Crippen LogP contribution < -0.4 is 10.1 Å². The maximum absolute atomic E-state index is 12.9. The van der Waals surface area contributed by atoms with Crippen molar-refractivity contribution in [3.63, 3.8) is 0 Å². The van der Waals surface area contributed by atoms with Crippen molar-refractivity contribution < 1.29 is 22.4 Å². The number of hydrogen-bond acceptors (Lipinski definition) is 7. The molecule has 170 valence electrons. The first-order valence-corrected chi connectivity index (χ1v) is 10.00. The Morgan fingerprint density at radius 3 is 2.42 bits per heavy atom. The maximum Gasteiger partial charge on any atom is 0.416 e. The fraction of sp³-hybridized carbons (Fsp3) is 0.217. The highest BCUT2D eigenvalue weighted by atomic mass is 19.4. The molecule has 0 radical (unpaired) electrons. The van der Waals surface area contributed by atoms with Gasteiger partial charge < -0.3 is 14.6 Å². The zero-order valence-electron chi connectivity index (χ0n) is 18.1. The molecular formula is C23H20F3N5O2. The van der Waals surface area contributed by atoms with Crippen LogP contribution in [0.25, 0.3) is 11.4 Å². The zero-order chi connectivity index (χ0) is 23.6. The molecule has 0 aliphatic rings. The monoisotopic (exact) mass is 455 g/mol. The van der Waals surface area contributed by atoms with Crippen molar-refractivity contribution >= 4 is 11.6 Å². The fourth-order valence-corrected chi connectivity index (χ4v) is 3.25. The van der Waals surface area contributed by atoms with Gasteiger partial charge in [-0.2, -0.15) is 23.1 Å². The summed E-state index contributed by atoms with van der Waals surface area (Å²) in [6, 6.07) is 12.4. The molecule has 0 fully saturated rings. The average molecular weight is 455 g/mol. The maximum atomic E-state index is 12.9. The Morgan fingerprint density at radius 1 is 0.939 bits per heavy atom. The van der Waals surface area contributed by atoms with Crippen LogP contribution in [0.1, 0.15) is 28.3 Å². The van der Waals surface area contributed by atoms with Crippen LogP contribution in [-0.2, 0) is 12.8 Å². The number of aryl methyl sites for hydroxylation is 3. The number of nitrogens with one attached hydrogen (secondary N) is 1. The van der Waals surface area contributed by atoms with Gasteiger partial charge in [-0.25, -0.2) is 4.98 Å². The number of aromatic nitrogens is 4. The minimum Gasteiger partial charge on any atom is -0.467 e. The molecule has 0 spiro atoms. The van der Waals surface area contributed by atoms with E-state index in [-0.39, 0.29) is 29.8 Å².